The maximum Gasteiger partial charge on any atom is 0.455 e. The monoisotopic (exact) mass is 1060 g/mol. The molecule has 0 radical (unpaired) electrons. The van der Waals surface area contributed by atoms with Crippen molar-refractivity contribution >= 4 is 68.3 Å². The molecular weight excluding hydrogens is 1010 g/mol. The second-order valence-corrected chi connectivity index (χ2v) is 20.6. The van der Waals surface area contributed by atoms with Gasteiger partial charge in [0.2, 0.25) is 0 Å². The van der Waals surface area contributed by atoms with Gasteiger partial charge in [-0.15, -0.1) is 0 Å². The molecule has 8 aromatic carbocycles. The SMILES string of the molecule is C=C(C)P(=O)(c1ccccc1)c1ccccc1.O=C(c1c(O)c2c3ccccc3ccc2n(-c2ccccc2)c1=O)C(F)(F)F.O=P(c1ccccc1)(c1ccccc1)c1ccccc1.[Sm]. The molecule has 0 fully saturated rings. The molecule has 66 heavy (non-hydrogen) atoms. The summed E-state index contributed by atoms with van der Waals surface area (Å²) >= 11 is 0. The summed E-state index contributed by atoms with van der Waals surface area (Å²) in [6.45, 7) is 5.75. The first-order valence-electron chi connectivity index (χ1n) is 20.4. The fourth-order valence-corrected chi connectivity index (χ4v) is 12.6. The number of ketones is 1. The van der Waals surface area contributed by atoms with Crippen molar-refractivity contribution in [3.8, 4) is 11.4 Å². The molecule has 0 aliphatic rings. The maximum absolute atomic E-state index is 13.8. The number of allylic oxidation sites excluding steroid dienone is 1. The number of alkyl halides is 3. The third kappa shape index (κ3) is 10.2. The number of nitrogens with zero attached hydrogens (tertiary/aromatic N) is 1. The fraction of sp³-hybridized carbons (Fsp3) is 0.0370. The standard InChI is InChI=1S/C21H12F3NO3.C18H15OP.C15H15OP.Sm/c22-21(23,24)19(27)17-18(26)16-14-9-5-4-6-12(14)10-11-15(16)25(20(17)28)13-7-2-1-3-8-13;19-20(16-10-4-1-5-11-16,17-12-6-2-7-13-17)18-14-8-3-9-15-18;1-13(2)17(16,14-9-5-3-6-10-14)15-11-7-4-8-12-15;/h1-11,26H;1-15H;3-12H,1H2,2H3;. The van der Waals surface area contributed by atoms with Crippen molar-refractivity contribution in [2.24, 2.45) is 0 Å². The number of aromatic nitrogens is 1. The molecule has 9 rings (SSSR count). The molecule has 0 amide bonds. The third-order valence-corrected chi connectivity index (χ3v) is 16.9. The summed E-state index contributed by atoms with van der Waals surface area (Å²) in [7, 11) is -5.47. The van der Waals surface area contributed by atoms with Crippen molar-refractivity contribution in [2.45, 2.75) is 13.1 Å². The number of Topliss-reactive ketones (excluding diaryl/α,β-unsaturated/α-hetero) is 1. The first-order chi connectivity index (χ1) is 31.3. The van der Waals surface area contributed by atoms with Crippen LogP contribution in [0.25, 0.3) is 27.4 Å². The topological polar surface area (TPSA) is 93.4 Å². The summed E-state index contributed by atoms with van der Waals surface area (Å²) < 4.78 is 67.5. The molecule has 12 heteroatoms. The predicted octanol–water partition coefficient (Wildman–Crippen LogP) is 11.5. The second-order valence-electron chi connectivity index (χ2n) is 14.8. The van der Waals surface area contributed by atoms with Crippen LogP contribution >= 0.6 is 14.3 Å². The molecule has 0 spiro atoms. The van der Waals surface area contributed by atoms with Gasteiger partial charge < -0.3 is 14.2 Å². The van der Waals surface area contributed by atoms with Gasteiger partial charge in [-0.3, -0.25) is 14.2 Å². The maximum atomic E-state index is 13.8. The number of hydrogen-bond donors (Lipinski definition) is 1. The van der Waals surface area contributed by atoms with Crippen molar-refractivity contribution < 1.29 is 72.6 Å². The van der Waals surface area contributed by atoms with E-state index in [1.54, 1.807) is 48.5 Å². The second kappa shape index (κ2) is 21.6. The van der Waals surface area contributed by atoms with Gasteiger partial charge in [0.25, 0.3) is 11.3 Å². The Bertz CT molecular complexity index is 3120. The van der Waals surface area contributed by atoms with Crippen LogP contribution in [0.15, 0.2) is 235 Å². The Morgan fingerprint density at radius 2 is 0.909 bits per heavy atom. The molecule has 1 aromatic heterocycles. The van der Waals surface area contributed by atoms with Crippen LogP contribution in [-0.4, -0.2) is 21.6 Å². The van der Waals surface area contributed by atoms with Gasteiger partial charge in [-0.2, -0.15) is 13.2 Å². The summed E-state index contributed by atoms with van der Waals surface area (Å²) in [5.41, 5.74) is -2.04. The van der Waals surface area contributed by atoms with E-state index in [1.807, 2.05) is 159 Å². The Balaban J connectivity index is 0.000000169. The third-order valence-electron chi connectivity index (χ3n) is 10.7. The number of halogens is 3. The Labute approximate surface area is 413 Å². The van der Waals surface area contributed by atoms with Crippen LogP contribution in [-0.2, 0) is 9.13 Å². The molecule has 0 aliphatic carbocycles. The number of aromatic hydroxyl groups is 1. The van der Waals surface area contributed by atoms with Gasteiger partial charge >= 0.3 is 6.18 Å². The van der Waals surface area contributed by atoms with Crippen LogP contribution < -0.4 is 32.1 Å². The summed E-state index contributed by atoms with van der Waals surface area (Å²) in [5, 5.41) is 16.7. The predicted molar refractivity (Wildman–Crippen MR) is 260 cm³/mol. The van der Waals surface area contributed by atoms with Gasteiger partial charge in [0.15, 0.2) is 14.3 Å². The molecule has 9 aromatic rings. The normalized spacial score (nSPS) is 11.3. The number of hydrogen-bond acceptors (Lipinski definition) is 5. The molecule has 1 heterocycles. The minimum Gasteiger partial charge on any atom is -0.506 e. The van der Waals surface area contributed by atoms with E-state index in [4.69, 9.17) is 0 Å². The Hall–Kier alpha value is -5.97. The van der Waals surface area contributed by atoms with Gasteiger partial charge in [0.1, 0.15) is 11.3 Å². The molecule has 330 valence electrons. The van der Waals surface area contributed by atoms with E-state index >= 15 is 0 Å². The van der Waals surface area contributed by atoms with Crippen molar-refractivity contribution in [2.75, 3.05) is 0 Å². The zero-order chi connectivity index (χ0) is 46.2. The first-order valence-corrected chi connectivity index (χ1v) is 23.8. The molecule has 1 N–H and O–H groups in total. The van der Waals surface area contributed by atoms with Crippen molar-refractivity contribution in [1.82, 2.24) is 4.57 Å². The van der Waals surface area contributed by atoms with Crippen LogP contribution in [0, 0.1) is 40.4 Å². The summed E-state index contributed by atoms with van der Waals surface area (Å²) in [6, 6.07) is 66.2. The van der Waals surface area contributed by atoms with Crippen LogP contribution in [0.5, 0.6) is 5.75 Å². The average molecular weight is 1050 g/mol. The zero-order valence-electron chi connectivity index (χ0n) is 35.5. The molecule has 6 nitrogen and oxygen atoms in total. The molecule has 0 aliphatic heterocycles. The quantitative estimate of drug-likeness (QED) is 0.0930. The number of rotatable bonds is 8. The molecule has 0 unspecified atom stereocenters. The molecule has 0 atom stereocenters. The Morgan fingerprint density at radius 3 is 1.30 bits per heavy atom. The average Bonchev–Trinajstić information content (AvgIpc) is 3.35. The number of benzene rings is 8. The van der Waals surface area contributed by atoms with Crippen LogP contribution in [0.1, 0.15) is 17.3 Å². The Kier molecular flexibility index (Phi) is 16.2. The van der Waals surface area contributed by atoms with Gasteiger partial charge in [0, 0.05) is 78.0 Å². The largest absolute Gasteiger partial charge is 0.506 e. The number of fused-ring (bicyclic) bond motifs is 3. The summed E-state index contributed by atoms with van der Waals surface area (Å²) in [4.78, 5) is 24.9. The van der Waals surface area contributed by atoms with Crippen molar-refractivity contribution in [3.63, 3.8) is 0 Å². The van der Waals surface area contributed by atoms with E-state index in [9.17, 15) is 37.0 Å². The minimum absolute atomic E-state index is 0. The van der Waals surface area contributed by atoms with Gasteiger partial charge in [-0.1, -0.05) is 207 Å². The summed E-state index contributed by atoms with van der Waals surface area (Å²) in [6.07, 6.45) is -5.30. The van der Waals surface area contributed by atoms with Gasteiger partial charge in [-0.25, -0.2) is 0 Å². The molecule has 0 saturated carbocycles. The van der Waals surface area contributed by atoms with E-state index in [0.29, 0.717) is 10.8 Å². The summed E-state index contributed by atoms with van der Waals surface area (Å²) in [5.74, 6) is -3.35. The number of pyridine rings is 1. The number of carbonyl (C=O) groups excluding carboxylic acids is 1. The smallest absolute Gasteiger partial charge is 0.455 e. The van der Waals surface area contributed by atoms with E-state index in [2.05, 4.69) is 6.58 Å². The van der Waals surface area contributed by atoms with Crippen LogP contribution in [0.4, 0.5) is 13.2 Å². The van der Waals surface area contributed by atoms with Crippen molar-refractivity contribution in [1.29, 1.82) is 0 Å². The minimum atomic E-state index is -5.30. The van der Waals surface area contributed by atoms with Gasteiger partial charge in [0.05, 0.1) is 5.52 Å². The fourth-order valence-electron chi connectivity index (χ4n) is 7.55. The van der Waals surface area contributed by atoms with E-state index in [0.717, 1.165) is 36.4 Å². The van der Waals surface area contributed by atoms with Crippen LogP contribution in [0.3, 0.4) is 0 Å². The molecule has 0 bridgehead atoms. The molecular formula is C54H42F3NO5P2Sm. The first kappa shape index (κ1) is 49.5. The number of carbonyl (C=O) groups is 1. The van der Waals surface area contributed by atoms with E-state index in [-0.39, 0.29) is 57.0 Å². The van der Waals surface area contributed by atoms with Gasteiger partial charge in [-0.05, 0) is 41.2 Å². The Morgan fingerprint density at radius 1 is 0.545 bits per heavy atom. The van der Waals surface area contributed by atoms with E-state index in [1.165, 1.54) is 18.2 Å². The van der Waals surface area contributed by atoms with E-state index < -0.39 is 43.1 Å². The number of para-hydroxylation sites is 1. The zero-order valence-corrected chi connectivity index (χ0v) is 39.9. The molecule has 0 saturated heterocycles. The van der Waals surface area contributed by atoms with Crippen LogP contribution in [0.2, 0.25) is 0 Å². The van der Waals surface area contributed by atoms with Crippen molar-refractivity contribution in [3.05, 3.63) is 246 Å².